The Hall–Kier alpha value is -1.62. The number of morpholine rings is 1. The number of amides is 1. The molecule has 2 aliphatic rings. The quantitative estimate of drug-likeness (QED) is 0.861. The number of carbonyl (C=O) groups is 2. The third-order valence-corrected chi connectivity index (χ3v) is 5.35. The number of rotatable bonds is 4. The van der Waals surface area contributed by atoms with Crippen LogP contribution < -0.4 is 0 Å². The van der Waals surface area contributed by atoms with Crippen molar-refractivity contribution in [2.45, 2.75) is 71.4 Å². The van der Waals surface area contributed by atoms with Crippen molar-refractivity contribution in [2.75, 3.05) is 13.2 Å². The van der Waals surface area contributed by atoms with Gasteiger partial charge in [0.05, 0.1) is 18.8 Å². The molecule has 0 unspecified atom stereocenters. The van der Waals surface area contributed by atoms with E-state index in [-0.39, 0.29) is 23.8 Å². The number of nitrogens with one attached hydrogen (secondary N) is 1. The van der Waals surface area contributed by atoms with Crippen molar-refractivity contribution in [3.63, 3.8) is 0 Å². The lowest BCUT2D eigenvalue weighted by Gasteiger charge is -2.43. The molecule has 2 fully saturated rings. The van der Waals surface area contributed by atoms with Crippen LogP contribution in [-0.4, -0.2) is 46.9 Å². The van der Waals surface area contributed by atoms with Gasteiger partial charge in [0.15, 0.2) is 5.78 Å². The summed E-state index contributed by atoms with van der Waals surface area (Å²) >= 11 is 0. The lowest BCUT2D eigenvalue weighted by molar-refractivity contribution is -0.0754. The molecular weight excluding hydrogens is 304 g/mol. The zero-order valence-electron chi connectivity index (χ0n) is 15.0. The van der Waals surface area contributed by atoms with E-state index in [0.29, 0.717) is 24.4 Å². The first kappa shape index (κ1) is 17.2. The molecule has 5 heteroatoms. The Balaban J connectivity index is 1.94. The molecular formula is C19H28N2O3. The number of carbonyl (C=O) groups excluding carboxylic acids is 2. The average molecular weight is 332 g/mol. The van der Waals surface area contributed by atoms with E-state index in [1.54, 1.807) is 6.92 Å². The number of aryl methyl sites for hydroxylation is 1. The van der Waals surface area contributed by atoms with Gasteiger partial charge in [0.2, 0.25) is 0 Å². The Kier molecular flexibility index (Phi) is 5.09. The highest BCUT2D eigenvalue weighted by Crippen LogP contribution is 2.31. The number of H-pyrrole nitrogens is 1. The smallest absolute Gasteiger partial charge is 0.271 e. The summed E-state index contributed by atoms with van der Waals surface area (Å²) in [7, 11) is 0. The summed E-state index contributed by atoms with van der Waals surface area (Å²) < 4.78 is 5.88. The minimum Gasteiger partial charge on any atom is -0.374 e. The summed E-state index contributed by atoms with van der Waals surface area (Å²) in [4.78, 5) is 30.5. The summed E-state index contributed by atoms with van der Waals surface area (Å²) in [5.74, 6) is 0.0676. The van der Waals surface area contributed by atoms with Crippen LogP contribution in [0.15, 0.2) is 0 Å². The number of Topliss-reactive ketones (excluding diaryl/α,β-unsaturated/α-hetero) is 1. The fraction of sp³-hybridized carbons (Fsp3) is 0.684. The molecule has 5 nitrogen and oxygen atoms in total. The van der Waals surface area contributed by atoms with Crippen LogP contribution in [0.3, 0.4) is 0 Å². The minimum absolute atomic E-state index is 0.0313. The van der Waals surface area contributed by atoms with Gasteiger partial charge in [0.1, 0.15) is 5.69 Å². The number of fused-ring (bicyclic) bond motifs is 1. The van der Waals surface area contributed by atoms with E-state index >= 15 is 0 Å². The van der Waals surface area contributed by atoms with Crippen LogP contribution in [0.25, 0.3) is 0 Å². The normalized spacial score (nSPS) is 23.9. The molecule has 1 N–H and O–H groups in total. The molecule has 3 rings (SSSR count). The predicted molar refractivity (Wildman–Crippen MR) is 92.6 cm³/mol. The van der Waals surface area contributed by atoms with E-state index in [0.717, 1.165) is 43.4 Å². The van der Waals surface area contributed by atoms with Crippen LogP contribution in [-0.2, 0) is 11.2 Å². The number of hydrogen-bond donors (Lipinski definition) is 1. The Morgan fingerprint density at radius 3 is 2.75 bits per heavy atom. The summed E-state index contributed by atoms with van der Waals surface area (Å²) in [5.41, 5.74) is 3.02. The molecule has 24 heavy (non-hydrogen) atoms. The third kappa shape index (κ3) is 3.02. The molecule has 1 aromatic heterocycles. The molecule has 0 bridgehead atoms. The van der Waals surface area contributed by atoms with Crippen LogP contribution in [0.4, 0.5) is 0 Å². The number of ketones is 1. The van der Waals surface area contributed by atoms with E-state index in [4.69, 9.17) is 4.74 Å². The van der Waals surface area contributed by atoms with Crippen LogP contribution in [0.2, 0.25) is 0 Å². The van der Waals surface area contributed by atoms with E-state index < -0.39 is 0 Å². The molecule has 1 amide bonds. The van der Waals surface area contributed by atoms with Gasteiger partial charge in [0.25, 0.3) is 5.91 Å². The van der Waals surface area contributed by atoms with E-state index in [2.05, 4.69) is 11.9 Å². The zero-order chi connectivity index (χ0) is 17.3. The van der Waals surface area contributed by atoms with Crippen molar-refractivity contribution in [1.82, 2.24) is 9.88 Å². The van der Waals surface area contributed by atoms with Gasteiger partial charge in [-0.15, -0.1) is 0 Å². The number of ether oxygens (including phenoxy) is 1. The average Bonchev–Trinajstić information content (AvgIpc) is 2.90. The number of hydrogen-bond acceptors (Lipinski definition) is 3. The Labute approximate surface area is 143 Å². The first-order valence-corrected chi connectivity index (χ1v) is 9.19. The lowest BCUT2D eigenvalue weighted by Crippen LogP contribution is -2.55. The van der Waals surface area contributed by atoms with E-state index in [1.807, 2.05) is 11.8 Å². The maximum Gasteiger partial charge on any atom is 0.271 e. The molecule has 2 atom stereocenters. The SMILES string of the molecule is CCCc1c(C(=O)N2CCO[C@@H]3CCCC[C@@H]32)[nH]c(C)c1C(C)=O. The molecule has 1 saturated carbocycles. The highest BCUT2D eigenvalue weighted by atomic mass is 16.5. The molecule has 2 heterocycles. The van der Waals surface area contributed by atoms with E-state index in [9.17, 15) is 9.59 Å². The molecule has 132 valence electrons. The van der Waals surface area contributed by atoms with Crippen LogP contribution in [0.1, 0.15) is 78.1 Å². The second kappa shape index (κ2) is 7.09. The Morgan fingerprint density at radius 2 is 2.04 bits per heavy atom. The van der Waals surface area contributed by atoms with Crippen molar-refractivity contribution < 1.29 is 14.3 Å². The van der Waals surface area contributed by atoms with Crippen molar-refractivity contribution in [1.29, 1.82) is 0 Å². The van der Waals surface area contributed by atoms with Crippen molar-refractivity contribution >= 4 is 11.7 Å². The van der Waals surface area contributed by atoms with Gasteiger partial charge in [-0.25, -0.2) is 0 Å². The number of aromatic amines is 1. The highest BCUT2D eigenvalue weighted by molar-refractivity contribution is 6.02. The predicted octanol–water partition coefficient (Wildman–Crippen LogP) is 3.26. The molecule has 1 saturated heterocycles. The van der Waals surface area contributed by atoms with Crippen LogP contribution in [0.5, 0.6) is 0 Å². The molecule has 1 aliphatic carbocycles. The second-order valence-electron chi connectivity index (χ2n) is 7.04. The van der Waals surface area contributed by atoms with Gasteiger partial charge >= 0.3 is 0 Å². The highest BCUT2D eigenvalue weighted by Gasteiger charge is 2.38. The molecule has 1 aromatic rings. The van der Waals surface area contributed by atoms with Gasteiger partial charge in [-0.3, -0.25) is 9.59 Å². The van der Waals surface area contributed by atoms with Gasteiger partial charge in [-0.2, -0.15) is 0 Å². The third-order valence-electron chi connectivity index (χ3n) is 5.35. The second-order valence-corrected chi connectivity index (χ2v) is 7.04. The van der Waals surface area contributed by atoms with Crippen molar-refractivity contribution in [2.24, 2.45) is 0 Å². The fourth-order valence-electron chi connectivity index (χ4n) is 4.33. The molecule has 0 radical (unpaired) electrons. The van der Waals surface area contributed by atoms with Crippen LogP contribution >= 0.6 is 0 Å². The van der Waals surface area contributed by atoms with Gasteiger partial charge in [-0.1, -0.05) is 26.2 Å². The molecule has 1 aliphatic heterocycles. The van der Waals surface area contributed by atoms with Gasteiger partial charge in [0, 0.05) is 17.8 Å². The first-order valence-electron chi connectivity index (χ1n) is 9.19. The standard InChI is InChI=1S/C19H28N2O3/c1-4-7-14-17(13(3)22)12(2)20-18(14)19(23)21-10-11-24-16-9-6-5-8-15(16)21/h15-16,20H,4-11H2,1-3H3/t15-,16+/m0/s1. The zero-order valence-corrected chi connectivity index (χ0v) is 15.0. The molecule has 0 spiro atoms. The fourth-order valence-corrected chi connectivity index (χ4v) is 4.33. The summed E-state index contributed by atoms with van der Waals surface area (Å²) in [5, 5.41) is 0. The number of aromatic nitrogens is 1. The monoisotopic (exact) mass is 332 g/mol. The maximum atomic E-state index is 13.3. The summed E-state index contributed by atoms with van der Waals surface area (Å²) in [6, 6.07) is 0.180. The van der Waals surface area contributed by atoms with Gasteiger partial charge in [-0.05, 0) is 38.7 Å². The molecule has 0 aromatic carbocycles. The van der Waals surface area contributed by atoms with Crippen molar-refractivity contribution in [3.8, 4) is 0 Å². The number of nitrogens with zero attached hydrogens (tertiary/aromatic N) is 1. The Bertz CT molecular complexity index is 633. The summed E-state index contributed by atoms with van der Waals surface area (Å²) in [6.45, 7) is 6.78. The maximum absolute atomic E-state index is 13.3. The van der Waals surface area contributed by atoms with Crippen LogP contribution in [0, 0.1) is 6.92 Å². The largest absolute Gasteiger partial charge is 0.374 e. The Morgan fingerprint density at radius 1 is 1.29 bits per heavy atom. The van der Waals surface area contributed by atoms with Crippen molar-refractivity contribution in [3.05, 3.63) is 22.5 Å². The lowest BCUT2D eigenvalue weighted by atomic mass is 9.89. The van der Waals surface area contributed by atoms with Gasteiger partial charge < -0.3 is 14.6 Å². The summed E-state index contributed by atoms with van der Waals surface area (Å²) in [6.07, 6.45) is 6.22. The first-order chi connectivity index (χ1) is 11.5. The topological polar surface area (TPSA) is 62.4 Å². The van der Waals surface area contributed by atoms with E-state index in [1.165, 1.54) is 6.42 Å². The minimum atomic E-state index is 0.0313.